The van der Waals surface area contributed by atoms with E-state index in [2.05, 4.69) is 10.1 Å². The molecule has 1 amide bonds. The van der Waals surface area contributed by atoms with Crippen LogP contribution in [0.4, 0.5) is 0 Å². The zero-order valence-electron chi connectivity index (χ0n) is 16.6. The molecule has 30 heavy (non-hydrogen) atoms. The largest absolute Gasteiger partial charge is 0.484 e. The maximum absolute atomic E-state index is 12.3. The van der Waals surface area contributed by atoms with Crippen molar-refractivity contribution in [3.8, 4) is 28.6 Å². The highest BCUT2D eigenvalue weighted by Crippen LogP contribution is 2.24. The van der Waals surface area contributed by atoms with E-state index in [0.29, 0.717) is 24.0 Å². The van der Waals surface area contributed by atoms with Crippen LogP contribution in [0.25, 0.3) is 22.8 Å². The molecule has 0 saturated carbocycles. The van der Waals surface area contributed by atoms with Crippen molar-refractivity contribution >= 4 is 5.91 Å². The van der Waals surface area contributed by atoms with E-state index in [4.69, 9.17) is 9.26 Å². The van der Waals surface area contributed by atoms with Crippen molar-refractivity contribution in [2.75, 3.05) is 13.7 Å². The lowest BCUT2D eigenvalue weighted by Gasteiger charge is -2.17. The summed E-state index contributed by atoms with van der Waals surface area (Å²) in [6, 6.07) is 26.7. The second kappa shape index (κ2) is 9.05. The van der Waals surface area contributed by atoms with Gasteiger partial charge in [0.2, 0.25) is 5.82 Å². The van der Waals surface area contributed by atoms with Gasteiger partial charge in [-0.05, 0) is 29.8 Å². The predicted octanol–water partition coefficient (Wildman–Crippen LogP) is 4.44. The lowest BCUT2D eigenvalue weighted by atomic mass is 10.2. The molecular weight excluding hydrogens is 378 g/mol. The molecule has 0 radical (unpaired) electrons. The van der Waals surface area contributed by atoms with Crippen molar-refractivity contribution in [1.29, 1.82) is 0 Å². The maximum atomic E-state index is 12.3. The zero-order chi connectivity index (χ0) is 20.8. The Morgan fingerprint density at radius 3 is 2.27 bits per heavy atom. The van der Waals surface area contributed by atoms with Gasteiger partial charge >= 0.3 is 0 Å². The fraction of sp³-hybridized carbons (Fsp3) is 0.125. The second-order valence-electron chi connectivity index (χ2n) is 6.84. The van der Waals surface area contributed by atoms with Crippen LogP contribution in [0, 0.1) is 0 Å². The van der Waals surface area contributed by atoms with E-state index in [9.17, 15) is 4.79 Å². The van der Waals surface area contributed by atoms with E-state index in [1.165, 1.54) is 0 Å². The number of amides is 1. The van der Waals surface area contributed by atoms with E-state index in [1.54, 1.807) is 24.1 Å². The Morgan fingerprint density at radius 1 is 0.900 bits per heavy atom. The minimum atomic E-state index is -0.0904. The molecule has 0 atom stereocenters. The Balaban J connectivity index is 1.34. The number of hydrogen-bond donors (Lipinski definition) is 0. The van der Waals surface area contributed by atoms with Crippen LogP contribution < -0.4 is 4.74 Å². The van der Waals surface area contributed by atoms with Gasteiger partial charge < -0.3 is 14.2 Å². The lowest BCUT2D eigenvalue weighted by molar-refractivity contribution is -0.132. The van der Waals surface area contributed by atoms with Gasteiger partial charge in [0.15, 0.2) is 6.61 Å². The first-order valence-corrected chi connectivity index (χ1v) is 9.59. The molecule has 6 nitrogen and oxygen atoms in total. The van der Waals surface area contributed by atoms with Crippen LogP contribution in [0.15, 0.2) is 89.5 Å². The standard InChI is InChI=1S/C24H21N3O3/c1-27(16-18-8-4-2-5-9-18)22(28)17-29-21-14-12-20(13-15-21)24-25-23(26-30-24)19-10-6-3-7-11-19/h2-15H,16-17H2,1H3. The summed E-state index contributed by atoms with van der Waals surface area (Å²) in [4.78, 5) is 18.4. The average molecular weight is 399 g/mol. The minimum absolute atomic E-state index is 0.0264. The van der Waals surface area contributed by atoms with Gasteiger partial charge in [-0.2, -0.15) is 4.98 Å². The van der Waals surface area contributed by atoms with Gasteiger partial charge in [0, 0.05) is 24.7 Å². The normalized spacial score (nSPS) is 10.6. The predicted molar refractivity (Wildman–Crippen MR) is 114 cm³/mol. The van der Waals surface area contributed by atoms with Crippen LogP contribution in [-0.4, -0.2) is 34.6 Å². The van der Waals surface area contributed by atoms with Crippen LogP contribution in [-0.2, 0) is 11.3 Å². The number of rotatable bonds is 7. The number of ether oxygens (including phenoxy) is 1. The summed E-state index contributed by atoms with van der Waals surface area (Å²) in [5.41, 5.74) is 2.75. The molecule has 0 unspecified atom stereocenters. The van der Waals surface area contributed by atoms with E-state index < -0.39 is 0 Å². The Kier molecular flexibility index (Phi) is 5.85. The number of nitrogens with zero attached hydrogens (tertiary/aromatic N) is 3. The summed E-state index contributed by atoms with van der Waals surface area (Å²) in [7, 11) is 1.77. The van der Waals surface area contributed by atoms with Crippen molar-refractivity contribution in [2.45, 2.75) is 6.54 Å². The lowest BCUT2D eigenvalue weighted by Crippen LogP contribution is -2.30. The second-order valence-corrected chi connectivity index (χ2v) is 6.84. The average Bonchev–Trinajstić information content (AvgIpc) is 3.29. The minimum Gasteiger partial charge on any atom is -0.484 e. The molecule has 0 N–H and O–H groups in total. The number of carbonyl (C=O) groups excluding carboxylic acids is 1. The van der Waals surface area contributed by atoms with E-state index in [1.807, 2.05) is 72.8 Å². The molecule has 0 aliphatic carbocycles. The molecule has 0 saturated heterocycles. The van der Waals surface area contributed by atoms with Gasteiger partial charge in [-0.15, -0.1) is 0 Å². The molecule has 1 aromatic heterocycles. The van der Waals surface area contributed by atoms with Crippen molar-refractivity contribution in [2.24, 2.45) is 0 Å². The summed E-state index contributed by atoms with van der Waals surface area (Å²) < 4.78 is 11.0. The van der Waals surface area contributed by atoms with Crippen LogP contribution in [0.2, 0.25) is 0 Å². The molecule has 3 aromatic carbocycles. The van der Waals surface area contributed by atoms with Gasteiger partial charge in [0.1, 0.15) is 5.75 Å². The first kappa shape index (κ1) is 19.4. The number of aromatic nitrogens is 2. The van der Waals surface area contributed by atoms with Crippen LogP contribution >= 0.6 is 0 Å². The summed E-state index contributed by atoms with van der Waals surface area (Å²) in [6.45, 7) is 0.518. The van der Waals surface area contributed by atoms with Crippen molar-refractivity contribution in [3.63, 3.8) is 0 Å². The number of likely N-dealkylation sites (N-methyl/N-ethyl adjacent to an activating group) is 1. The molecule has 0 aliphatic heterocycles. The summed E-state index contributed by atoms with van der Waals surface area (Å²) in [5.74, 6) is 1.48. The van der Waals surface area contributed by atoms with E-state index in [0.717, 1.165) is 16.7 Å². The van der Waals surface area contributed by atoms with Crippen LogP contribution in [0.1, 0.15) is 5.56 Å². The molecular formula is C24H21N3O3. The summed E-state index contributed by atoms with van der Waals surface area (Å²) >= 11 is 0. The smallest absolute Gasteiger partial charge is 0.260 e. The topological polar surface area (TPSA) is 68.5 Å². The molecule has 4 aromatic rings. The fourth-order valence-corrected chi connectivity index (χ4v) is 2.94. The van der Waals surface area contributed by atoms with Gasteiger partial charge in [-0.1, -0.05) is 65.8 Å². The summed E-state index contributed by atoms with van der Waals surface area (Å²) in [6.07, 6.45) is 0. The number of carbonyl (C=O) groups is 1. The Hall–Kier alpha value is -3.93. The Labute approximate surface area is 174 Å². The third-order valence-corrected chi connectivity index (χ3v) is 4.61. The van der Waals surface area contributed by atoms with E-state index >= 15 is 0 Å². The molecule has 1 heterocycles. The molecule has 6 heteroatoms. The highest BCUT2D eigenvalue weighted by Gasteiger charge is 2.12. The third-order valence-electron chi connectivity index (χ3n) is 4.61. The van der Waals surface area contributed by atoms with Crippen molar-refractivity contribution < 1.29 is 14.1 Å². The first-order chi connectivity index (χ1) is 14.7. The highest BCUT2D eigenvalue weighted by atomic mass is 16.5. The monoisotopic (exact) mass is 399 g/mol. The molecule has 0 bridgehead atoms. The molecule has 0 spiro atoms. The molecule has 0 fully saturated rings. The van der Waals surface area contributed by atoms with Crippen molar-refractivity contribution in [3.05, 3.63) is 90.5 Å². The SMILES string of the molecule is CN(Cc1ccccc1)C(=O)COc1ccc(-c2nc(-c3ccccc3)no2)cc1. The quantitative estimate of drug-likeness (QED) is 0.460. The van der Waals surface area contributed by atoms with Crippen LogP contribution in [0.5, 0.6) is 5.75 Å². The van der Waals surface area contributed by atoms with E-state index in [-0.39, 0.29) is 12.5 Å². The third kappa shape index (κ3) is 4.72. The van der Waals surface area contributed by atoms with Gasteiger partial charge in [-0.25, -0.2) is 0 Å². The summed E-state index contributed by atoms with van der Waals surface area (Å²) in [5, 5.41) is 4.03. The van der Waals surface area contributed by atoms with Crippen molar-refractivity contribution in [1.82, 2.24) is 15.0 Å². The fourth-order valence-electron chi connectivity index (χ4n) is 2.94. The highest BCUT2D eigenvalue weighted by molar-refractivity contribution is 5.77. The van der Waals surface area contributed by atoms with Gasteiger partial charge in [0.05, 0.1) is 0 Å². The zero-order valence-corrected chi connectivity index (χ0v) is 16.6. The van der Waals surface area contributed by atoms with Gasteiger partial charge in [0.25, 0.3) is 11.8 Å². The first-order valence-electron chi connectivity index (χ1n) is 9.59. The molecule has 0 aliphatic rings. The Morgan fingerprint density at radius 2 is 1.57 bits per heavy atom. The maximum Gasteiger partial charge on any atom is 0.260 e. The number of benzene rings is 3. The number of hydrogen-bond acceptors (Lipinski definition) is 5. The van der Waals surface area contributed by atoms with Crippen LogP contribution in [0.3, 0.4) is 0 Å². The Bertz CT molecular complexity index is 1090. The molecule has 4 rings (SSSR count). The van der Waals surface area contributed by atoms with Gasteiger partial charge in [-0.3, -0.25) is 4.79 Å². The molecule has 150 valence electrons.